The van der Waals surface area contributed by atoms with E-state index in [1.807, 2.05) is 18.2 Å². The highest BCUT2D eigenvalue weighted by molar-refractivity contribution is 9.09. The number of benzene rings is 1. The molecule has 0 bridgehead atoms. The van der Waals surface area contributed by atoms with E-state index in [4.69, 9.17) is 16.3 Å². The quantitative estimate of drug-likeness (QED) is 0.353. The van der Waals surface area contributed by atoms with Gasteiger partial charge >= 0.3 is 0 Å². The maximum absolute atomic E-state index is 5.92. The number of ether oxygens (including phenoxy) is 1. The van der Waals surface area contributed by atoms with Gasteiger partial charge in [-0.1, -0.05) is 71.8 Å². The van der Waals surface area contributed by atoms with Gasteiger partial charge in [-0.2, -0.15) is 0 Å². The first kappa shape index (κ1) is 17.0. The van der Waals surface area contributed by atoms with Crippen LogP contribution in [0.25, 0.3) is 0 Å². The Morgan fingerprint density at radius 2 is 1.63 bits per heavy atom. The number of hydrogen-bond donors (Lipinski definition) is 0. The smallest absolute Gasteiger partial charge is 0.0717 e. The van der Waals surface area contributed by atoms with Crippen LogP contribution < -0.4 is 0 Å². The highest BCUT2D eigenvalue weighted by atomic mass is 79.9. The zero-order valence-electron chi connectivity index (χ0n) is 11.5. The molecule has 108 valence electrons. The molecule has 0 saturated carbocycles. The summed E-state index contributed by atoms with van der Waals surface area (Å²) in [5.41, 5.74) is 1.15. The molecule has 1 nitrogen and oxygen atoms in total. The third kappa shape index (κ3) is 9.48. The molecule has 0 aromatic heterocycles. The number of rotatable bonds is 11. The van der Waals surface area contributed by atoms with Gasteiger partial charge in [-0.3, -0.25) is 0 Å². The van der Waals surface area contributed by atoms with Gasteiger partial charge < -0.3 is 4.74 Å². The highest BCUT2D eigenvalue weighted by Gasteiger charge is 1.95. The van der Waals surface area contributed by atoms with E-state index in [-0.39, 0.29) is 0 Å². The third-order valence-electron chi connectivity index (χ3n) is 3.08. The molecule has 1 rings (SSSR count). The van der Waals surface area contributed by atoms with Crippen LogP contribution in [0.4, 0.5) is 0 Å². The Morgan fingerprint density at radius 1 is 0.947 bits per heavy atom. The monoisotopic (exact) mass is 346 g/mol. The molecule has 0 aliphatic heterocycles. The van der Waals surface area contributed by atoms with E-state index in [0.717, 1.165) is 22.5 Å². The van der Waals surface area contributed by atoms with Crippen LogP contribution in [-0.4, -0.2) is 11.9 Å². The Bertz CT molecular complexity index is 330. The Labute approximate surface area is 130 Å². The lowest BCUT2D eigenvalue weighted by Crippen LogP contribution is -1.95. The maximum atomic E-state index is 5.92. The second kappa shape index (κ2) is 11.7. The molecule has 0 spiro atoms. The molecule has 1 aromatic carbocycles. The molecule has 0 radical (unpaired) electrons. The summed E-state index contributed by atoms with van der Waals surface area (Å²) in [6, 6.07) is 7.87. The second-order valence-electron chi connectivity index (χ2n) is 4.85. The minimum atomic E-state index is 0.672. The molecular weight excluding hydrogens is 324 g/mol. The zero-order chi connectivity index (χ0) is 13.8. The molecule has 19 heavy (non-hydrogen) atoms. The van der Waals surface area contributed by atoms with Gasteiger partial charge in [0.05, 0.1) is 6.61 Å². The fraction of sp³-hybridized carbons (Fsp3) is 0.625. The fourth-order valence-electron chi connectivity index (χ4n) is 2.00. The molecule has 0 N–H and O–H groups in total. The third-order valence-corrected chi connectivity index (χ3v) is 3.88. The van der Waals surface area contributed by atoms with Crippen LogP contribution in [0.3, 0.4) is 0 Å². The van der Waals surface area contributed by atoms with Gasteiger partial charge in [-0.05, 0) is 30.5 Å². The van der Waals surface area contributed by atoms with Gasteiger partial charge in [0.1, 0.15) is 0 Å². The van der Waals surface area contributed by atoms with E-state index >= 15 is 0 Å². The summed E-state index contributed by atoms with van der Waals surface area (Å²) in [6.45, 7) is 1.53. The molecule has 1 aromatic rings. The summed E-state index contributed by atoms with van der Waals surface area (Å²) >= 11 is 9.38. The van der Waals surface area contributed by atoms with Gasteiger partial charge in [-0.15, -0.1) is 0 Å². The van der Waals surface area contributed by atoms with Crippen LogP contribution >= 0.6 is 27.5 Å². The Hall–Kier alpha value is -0.0500. The summed E-state index contributed by atoms with van der Waals surface area (Å²) in [5.74, 6) is 0. The molecule has 0 fully saturated rings. The van der Waals surface area contributed by atoms with Crippen molar-refractivity contribution in [3.05, 3.63) is 34.9 Å². The van der Waals surface area contributed by atoms with Crippen LogP contribution in [0.2, 0.25) is 5.02 Å². The molecule has 0 unspecified atom stereocenters. The molecule has 0 amide bonds. The van der Waals surface area contributed by atoms with E-state index in [2.05, 4.69) is 22.0 Å². The van der Waals surface area contributed by atoms with Crippen LogP contribution in [0.1, 0.15) is 50.5 Å². The Kier molecular flexibility index (Phi) is 10.5. The standard InChI is InChI=1S/C16H24BrClO/c17-11-6-4-2-1-3-5-7-12-19-14-15-9-8-10-16(18)13-15/h8-10,13H,1-7,11-12,14H2. The molecule has 0 heterocycles. The fourth-order valence-corrected chi connectivity index (χ4v) is 2.61. The van der Waals surface area contributed by atoms with Crippen molar-refractivity contribution in [1.29, 1.82) is 0 Å². The lowest BCUT2D eigenvalue weighted by atomic mass is 10.1. The topological polar surface area (TPSA) is 9.23 Å². The van der Waals surface area contributed by atoms with Gasteiger partial charge in [0, 0.05) is 17.0 Å². The van der Waals surface area contributed by atoms with Gasteiger partial charge in [-0.25, -0.2) is 0 Å². The first-order valence-corrected chi connectivity index (χ1v) is 8.71. The van der Waals surface area contributed by atoms with Crippen molar-refractivity contribution in [1.82, 2.24) is 0 Å². The van der Waals surface area contributed by atoms with Crippen molar-refractivity contribution < 1.29 is 4.74 Å². The van der Waals surface area contributed by atoms with E-state index in [9.17, 15) is 0 Å². The number of hydrogen-bond acceptors (Lipinski definition) is 1. The van der Waals surface area contributed by atoms with Crippen LogP contribution in [0.15, 0.2) is 24.3 Å². The lowest BCUT2D eigenvalue weighted by Gasteiger charge is -2.05. The highest BCUT2D eigenvalue weighted by Crippen LogP contribution is 2.12. The minimum absolute atomic E-state index is 0.672. The minimum Gasteiger partial charge on any atom is -0.377 e. The summed E-state index contributed by atoms with van der Waals surface area (Å²) in [7, 11) is 0. The maximum Gasteiger partial charge on any atom is 0.0717 e. The predicted octanol–water partition coefficient (Wildman–Crippen LogP) is 5.98. The molecule has 0 atom stereocenters. The lowest BCUT2D eigenvalue weighted by molar-refractivity contribution is 0.116. The van der Waals surface area contributed by atoms with E-state index < -0.39 is 0 Å². The number of alkyl halides is 1. The first-order chi connectivity index (χ1) is 9.33. The number of halogens is 2. The van der Waals surface area contributed by atoms with Crippen molar-refractivity contribution in [3.63, 3.8) is 0 Å². The SMILES string of the molecule is Clc1cccc(COCCCCCCCCCBr)c1. The summed E-state index contributed by atoms with van der Waals surface area (Å²) < 4.78 is 5.65. The average Bonchev–Trinajstić information content (AvgIpc) is 2.41. The normalized spacial score (nSPS) is 10.8. The summed E-state index contributed by atoms with van der Waals surface area (Å²) in [6.07, 6.45) is 9.18. The van der Waals surface area contributed by atoms with Gasteiger partial charge in [0.2, 0.25) is 0 Å². The van der Waals surface area contributed by atoms with E-state index in [1.165, 1.54) is 44.9 Å². The predicted molar refractivity (Wildman–Crippen MR) is 87.2 cm³/mol. The average molecular weight is 348 g/mol. The van der Waals surface area contributed by atoms with Gasteiger partial charge in [0.25, 0.3) is 0 Å². The van der Waals surface area contributed by atoms with Crippen LogP contribution in [0.5, 0.6) is 0 Å². The molecule has 0 aliphatic carbocycles. The Balaban J connectivity index is 1.89. The molecular formula is C16H24BrClO. The second-order valence-corrected chi connectivity index (χ2v) is 6.08. The largest absolute Gasteiger partial charge is 0.377 e. The van der Waals surface area contributed by atoms with E-state index in [1.54, 1.807) is 0 Å². The Morgan fingerprint density at radius 3 is 2.32 bits per heavy atom. The van der Waals surface area contributed by atoms with Crippen molar-refractivity contribution in [3.8, 4) is 0 Å². The van der Waals surface area contributed by atoms with Crippen molar-refractivity contribution in [2.24, 2.45) is 0 Å². The molecule has 3 heteroatoms. The molecule has 0 saturated heterocycles. The van der Waals surface area contributed by atoms with E-state index in [0.29, 0.717) is 6.61 Å². The van der Waals surface area contributed by atoms with Crippen molar-refractivity contribution in [2.45, 2.75) is 51.6 Å². The molecule has 0 aliphatic rings. The summed E-state index contributed by atoms with van der Waals surface area (Å²) in [5, 5.41) is 1.93. The van der Waals surface area contributed by atoms with Crippen LogP contribution in [-0.2, 0) is 11.3 Å². The van der Waals surface area contributed by atoms with Crippen LogP contribution in [0, 0.1) is 0 Å². The van der Waals surface area contributed by atoms with Crippen molar-refractivity contribution in [2.75, 3.05) is 11.9 Å². The zero-order valence-corrected chi connectivity index (χ0v) is 13.9. The van der Waals surface area contributed by atoms with Crippen molar-refractivity contribution >= 4 is 27.5 Å². The number of unbranched alkanes of at least 4 members (excludes halogenated alkanes) is 6. The van der Waals surface area contributed by atoms with Gasteiger partial charge in [0.15, 0.2) is 0 Å². The summed E-state index contributed by atoms with van der Waals surface area (Å²) in [4.78, 5) is 0. The first-order valence-electron chi connectivity index (χ1n) is 7.21.